The molecule has 2 aliphatic rings. The van der Waals surface area contributed by atoms with Gasteiger partial charge in [-0.2, -0.15) is 0 Å². The molecule has 0 saturated heterocycles. The summed E-state index contributed by atoms with van der Waals surface area (Å²) >= 11 is 5.50. The van der Waals surface area contributed by atoms with E-state index in [1.54, 1.807) is 6.07 Å². The SMILES string of the molecule is CC1CCC(=c2cc/c(=C3/C=C(F)C(Cl)=C(F)C3)c(F)c2)CC1. The lowest BCUT2D eigenvalue weighted by molar-refractivity contribution is 0.470. The topological polar surface area (TPSA) is 0 Å². The zero-order chi connectivity index (χ0) is 16.6. The van der Waals surface area contributed by atoms with Crippen LogP contribution < -0.4 is 10.4 Å². The fraction of sp³-hybridized carbons (Fsp3) is 0.368. The lowest BCUT2D eigenvalue weighted by Crippen LogP contribution is -2.20. The van der Waals surface area contributed by atoms with Crippen LogP contribution in [0.4, 0.5) is 13.2 Å². The minimum atomic E-state index is -0.857. The first kappa shape index (κ1) is 16.4. The summed E-state index contributed by atoms with van der Waals surface area (Å²) in [6.07, 6.45) is 5.14. The summed E-state index contributed by atoms with van der Waals surface area (Å²) in [6, 6.07) is 4.94. The van der Waals surface area contributed by atoms with E-state index in [0.717, 1.165) is 37.0 Å². The Morgan fingerprint density at radius 3 is 2.39 bits per heavy atom. The Morgan fingerprint density at radius 2 is 1.78 bits per heavy atom. The second-order valence-electron chi connectivity index (χ2n) is 6.39. The Labute approximate surface area is 138 Å². The highest BCUT2D eigenvalue weighted by Crippen LogP contribution is 2.33. The lowest BCUT2D eigenvalue weighted by atomic mass is 9.86. The molecule has 0 N–H and O–H groups in total. The van der Waals surface area contributed by atoms with Gasteiger partial charge in [-0.05, 0) is 54.5 Å². The molecule has 0 unspecified atom stereocenters. The summed E-state index contributed by atoms with van der Waals surface area (Å²) in [7, 11) is 0. The first-order valence-electron chi connectivity index (χ1n) is 7.88. The smallest absolute Gasteiger partial charge is 0.144 e. The molecular formula is C19H18ClF3. The maximum atomic E-state index is 14.5. The summed E-state index contributed by atoms with van der Waals surface area (Å²) in [6.45, 7) is 2.23. The minimum absolute atomic E-state index is 0.184. The fourth-order valence-electron chi connectivity index (χ4n) is 3.21. The van der Waals surface area contributed by atoms with Gasteiger partial charge in [0.2, 0.25) is 0 Å². The number of allylic oxidation sites excluding steroid dienone is 4. The van der Waals surface area contributed by atoms with Crippen LogP contribution in [0.1, 0.15) is 39.0 Å². The Bertz CT molecular complexity index is 808. The molecule has 0 radical (unpaired) electrons. The van der Waals surface area contributed by atoms with Gasteiger partial charge in [-0.1, -0.05) is 36.2 Å². The highest BCUT2D eigenvalue weighted by atomic mass is 35.5. The summed E-state index contributed by atoms with van der Waals surface area (Å²) in [5.41, 5.74) is 1.54. The van der Waals surface area contributed by atoms with E-state index in [1.165, 1.54) is 11.6 Å². The van der Waals surface area contributed by atoms with Gasteiger partial charge in [-0.3, -0.25) is 0 Å². The first-order chi connectivity index (χ1) is 11.0. The molecule has 1 saturated carbocycles. The Morgan fingerprint density at radius 1 is 1.09 bits per heavy atom. The van der Waals surface area contributed by atoms with Crippen LogP contribution >= 0.6 is 11.6 Å². The molecule has 1 aromatic carbocycles. The van der Waals surface area contributed by atoms with Gasteiger partial charge < -0.3 is 0 Å². The molecular weight excluding hydrogens is 321 g/mol. The van der Waals surface area contributed by atoms with Crippen molar-refractivity contribution in [3.63, 3.8) is 0 Å². The number of halogens is 4. The van der Waals surface area contributed by atoms with Crippen molar-refractivity contribution in [3.8, 4) is 0 Å². The molecule has 23 heavy (non-hydrogen) atoms. The van der Waals surface area contributed by atoms with E-state index in [4.69, 9.17) is 11.6 Å². The van der Waals surface area contributed by atoms with E-state index in [9.17, 15) is 13.2 Å². The molecule has 0 aromatic heterocycles. The van der Waals surface area contributed by atoms with E-state index < -0.39 is 22.5 Å². The molecule has 0 heterocycles. The van der Waals surface area contributed by atoms with Gasteiger partial charge in [0.15, 0.2) is 0 Å². The van der Waals surface area contributed by atoms with Crippen LogP contribution in [0, 0.1) is 11.7 Å². The van der Waals surface area contributed by atoms with Gasteiger partial charge >= 0.3 is 0 Å². The molecule has 4 heteroatoms. The summed E-state index contributed by atoms with van der Waals surface area (Å²) in [5, 5.41) is 0.610. The Kier molecular flexibility index (Phi) is 4.67. The minimum Gasteiger partial charge on any atom is -0.210 e. The van der Waals surface area contributed by atoms with Crippen molar-refractivity contribution >= 4 is 22.7 Å². The number of hydrogen-bond donors (Lipinski definition) is 0. The second kappa shape index (κ2) is 6.56. The maximum absolute atomic E-state index is 14.5. The van der Waals surface area contributed by atoms with Crippen molar-refractivity contribution in [2.24, 2.45) is 5.92 Å². The fourth-order valence-corrected chi connectivity index (χ4v) is 3.33. The Balaban J connectivity index is 2.05. The molecule has 0 amide bonds. The highest BCUT2D eigenvalue weighted by Gasteiger charge is 2.18. The maximum Gasteiger partial charge on any atom is 0.144 e. The zero-order valence-corrected chi connectivity index (χ0v) is 13.7. The van der Waals surface area contributed by atoms with Crippen molar-refractivity contribution in [3.05, 3.63) is 57.2 Å². The predicted octanol–water partition coefficient (Wildman–Crippen LogP) is 5.01. The van der Waals surface area contributed by atoms with Gasteiger partial charge in [0.25, 0.3) is 0 Å². The molecule has 0 atom stereocenters. The van der Waals surface area contributed by atoms with Crippen LogP contribution in [0.5, 0.6) is 0 Å². The standard InChI is InChI=1S/C19H18ClF3/c1-11-2-4-12(5-3-11)13-6-7-15(16(21)8-13)14-9-17(22)19(20)18(23)10-14/h6-9,11H,2-5,10H2,1H3/b13-12?,15-14+. The number of benzene rings is 1. The van der Waals surface area contributed by atoms with Crippen molar-refractivity contribution in [1.82, 2.24) is 0 Å². The lowest BCUT2D eigenvalue weighted by Gasteiger charge is -2.20. The van der Waals surface area contributed by atoms with E-state index >= 15 is 0 Å². The molecule has 0 nitrogen and oxygen atoms in total. The van der Waals surface area contributed by atoms with E-state index in [-0.39, 0.29) is 17.2 Å². The van der Waals surface area contributed by atoms with E-state index in [2.05, 4.69) is 6.92 Å². The molecule has 3 rings (SSSR count). The van der Waals surface area contributed by atoms with Crippen LogP contribution in [0.15, 0.2) is 41.0 Å². The van der Waals surface area contributed by atoms with Gasteiger partial charge in [-0.15, -0.1) is 0 Å². The van der Waals surface area contributed by atoms with Crippen molar-refractivity contribution in [2.45, 2.75) is 39.0 Å². The van der Waals surface area contributed by atoms with Gasteiger partial charge in [0, 0.05) is 11.6 Å². The number of rotatable bonds is 0. The Hall–Kier alpha value is -1.48. The van der Waals surface area contributed by atoms with Crippen LogP contribution in [-0.4, -0.2) is 0 Å². The normalized spacial score (nSPS) is 24.8. The molecule has 2 aliphatic carbocycles. The average molecular weight is 339 g/mol. The van der Waals surface area contributed by atoms with Crippen LogP contribution in [0.3, 0.4) is 0 Å². The summed E-state index contributed by atoms with van der Waals surface area (Å²) < 4.78 is 41.7. The quantitative estimate of drug-likeness (QED) is 0.623. The van der Waals surface area contributed by atoms with Gasteiger partial charge in [0.1, 0.15) is 22.5 Å². The third-order valence-corrected chi connectivity index (χ3v) is 5.08. The van der Waals surface area contributed by atoms with Crippen LogP contribution in [-0.2, 0) is 0 Å². The molecule has 0 bridgehead atoms. The summed E-state index contributed by atoms with van der Waals surface area (Å²) in [5.74, 6) is -1.35. The largest absolute Gasteiger partial charge is 0.210 e. The van der Waals surface area contributed by atoms with Gasteiger partial charge in [-0.25, -0.2) is 13.2 Å². The third kappa shape index (κ3) is 3.40. The van der Waals surface area contributed by atoms with E-state index in [0.29, 0.717) is 5.92 Å². The molecule has 122 valence electrons. The van der Waals surface area contributed by atoms with Crippen molar-refractivity contribution < 1.29 is 13.2 Å². The van der Waals surface area contributed by atoms with E-state index in [1.807, 2.05) is 6.07 Å². The third-order valence-electron chi connectivity index (χ3n) is 4.70. The predicted molar refractivity (Wildman–Crippen MR) is 87.9 cm³/mol. The second-order valence-corrected chi connectivity index (χ2v) is 6.77. The number of hydrogen-bond acceptors (Lipinski definition) is 0. The summed E-state index contributed by atoms with van der Waals surface area (Å²) in [4.78, 5) is 0. The van der Waals surface area contributed by atoms with Crippen LogP contribution in [0.2, 0.25) is 0 Å². The highest BCUT2D eigenvalue weighted by molar-refractivity contribution is 6.32. The first-order valence-corrected chi connectivity index (χ1v) is 8.26. The average Bonchev–Trinajstić information content (AvgIpc) is 2.53. The molecule has 0 aliphatic heterocycles. The van der Waals surface area contributed by atoms with Gasteiger partial charge in [0.05, 0.1) is 0 Å². The monoisotopic (exact) mass is 338 g/mol. The van der Waals surface area contributed by atoms with Crippen molar-refractivity contribution in [1.29, 1.82) is 0 Å². The van der Waals surface area contributed by atoms with Crippen molar-refractivity contribution in [2.75, 3.05) is 0 Å². The molecule has 0 spiro atoms. The molecule has 1 fully saturated rings. The zero-order valence-electron chi connectivity index (χ0n) is 12.9. The van der Waals surface area contributed by atoms with Crippen LogP contribution in [0.25, 0.3) is 11.1 Å². The molecule has 1 aromatic rings.